The van der Waals surface area contributed by atoms with E-state index in [2.05, 4.69) is 5.32 Å². The van der Waals surface area contributed by atoms with Crippen molar-refractivity contribution in [1.82, 2.24) is 5.32 Å². The summed E-state index contributed by atoms with van der Waals surface area (Å²) >= 11 is 0. The second kappa shape index (κ2) is 10.1. The molecule has 2 rings (SSSR count). The van der Waals surface area contributed by atoms with Crippen LogP contribution in [0.3, 0.4) is 0 Å². The molecule has 7 nitrogen and oxygen atoms in total. The molecule has 2 aromatic carbocycles. The minimum atomic E-state index is -1.28. The first-order chi connectivity index (χ1) is 13.4. The van der Waals surface area contributed by atoms with Gasteiger partial charge in [0.2, 0.25) is 0 Å². The predicted octanol–water partition coefficient (Wildman–Crippen LogP) is 3.47. The molecule has 28 heavy (non-hydrogen) atoms. The van der Waals surface area contributed by atoms with E-state index < -0.39 is 30.4 Å². The van der Waals surface area contributed by atoms with Crippen LogP contribution in [0.1, 0.15) is 36.1 Å². The smallest absolute Gasteiger partial charge is 0.411 e. The highest BCUT2D eigenvalue weighted by molar-refractivity contribution is 5.89. The van der Waals surface area contributed by atoms with E-state index in [4.69, 9.17) is 14.2 Å². The molecule has 0 aliphatic heterocycles. The zero-order chi connectivity index (χ0) is 20.5. The Labute approximate surface area is 163 Å². The van der Waals surface area contributed by atoms with Crippen molar-refractivity contribution in [1.29, 1.82) is 0 Å². The van der Waals surface area contributed by atoms with Gasteiger partial charge in [0, 0.05) is 5.56 Å². The summed E-state index contributed by atoms with van der Waals surface area (Å²) in [5, 5.41) is 2.45. The van der Waals surface area contributed by atoms with Gasteiger partial charge in [-0.1, -0.05) is 62.4 Å². The van der Waals surface area contributed by atoms with E-state index in [0.717, 1.165) is 0 Å². The molecule has 148 valence electrons. The van der Waals surface area contributed by atoms with Crippen LogP contribution in [-0.2, 0) is 19.0 Å². The molecule has 0 aromatic heterocycles. The highest BCUT2D eigenvalue weighted by Gasteiger charge is 2.28. The molecule has 0 saturated heterocycles. The normalized spacial score (nSPS) is 12.6. The maximum atomic E-state index is 12.4. The highest BCUT2D eigenvalue weighted by Crippen LogP contribution is 2.21. The average molecular weight is 385 g/mol. The Hall–Kier alpha value is -3.35. The fourth-order valence-electron chi connectivity index (χ4n) is 2.39. The number of carbonyl (C=O) groups excluding carboxylic acids is 3. The third-order valence-corrected chi connectivity index (χ3v) is 3.90. The number of carbonyl (C=O) groups is 3. The van der Waals surface area contributed by atoms with Gasteiger partial charge < -0.3 is 19.5 Å². The zero-order valence-corrected chi connectivity index (χ0v) is 16.0. The average Bonchev–Trinajstić information content (AvgIpc) is 2.72. The summed E-state index contributed by atoms with van der Waals surface area (Å²) in [6.45, 7) is 3.51. The number of nitrogens with one attached hydrogen (secondary N) is 1. The standard InChI is InChI=1S/C21H23NO6/c1-14(2)17(19(24)26-3)22-21(25)28-20(16-12-8-5-9-13-16)27-18(23)15-10-6-4-7-11-15/h4-14,17,20H,1-3H3,(H,22,25)/t17-,20?/m0/s1. The Balaban J connectivity index is 2.15. The van der Waals surface area contributed by atoms with Crippen molar-refractivity contribution in [2.24, 2.45) is 5.92 Å². The molecule has 0 spiro atoms. The molecule has 1 N–H and O–H groups in total. The first kappa shape index (κ1) is 21.0. The van der Waals surface area contributed by atoms with E-state index in [-0.39, 0.29) is 5.92 Å². The van der Waals surface area contributed by atoms with Crippen molar-refractivity contribution in [3.8, 4) is 0 Å². The molecule has 0 aliphatic carbocycles. The third kappa shape index (κ3) is 5.84. The summed E-state index contributed by atoms with van der Waals surface area (Å²) in [5.74, 6) is -1.46. The lowest BCUT2D eigenvalue weighted by Crippen LogP contribution is -2.45. The molecule has 0 saturated carbocycles. The molecule has 1 amide bonds. The van der Waals surface area contributed by atoms with Gasteiger partial charge in [0.15, 0.2) is 0 Å². The Morgan fingerprint density at radius 1 is 0.857 bits per heavy atom. The van der Waals surface area contributed by atoms with Gasteiger partial charge in [0.1, 0.15) is 6.04 Å². The van der Waals surface area contributed by atoms with Crippen molar-refractivity contribution in [2.45, 2.75) is 26.2 Å². The molecule has 1 unspecified atom stereocenters. The molecule has 0 radical (unpaired) electrons. The second-order valence-corrected chi connectivity index (χ2v) is 6.31. The number of rotatable bonds is 7. The number of hydrogen-bond donors (Lipinski definition) is 1. The Bertz CT molecular complexity index is 791. The van der Waals surface area contributed by atoms with Crippen molar-refractivity contribution in [3.63, 3.8) is 0 Å². The van der Waals surface area contributed by atoms with Crippen LogP contribution in [0, 0.1) is 5.92 Å². The van der Waals surface area contributed by atoms with Crippen LogP contribution in [-0.4, -0.2) is 31.2 Å². The van der Waals surface area contributed by atoms with Gasteiger partial charge in [-0.25, -0.2) is 14.4 Å². The van der Waals surface area contributed by atoms with Gasteiger partial charge >= 0.3 is 18.0 Å². The second-order valence-electron chi connectivity index (χ2n) is 6.31. The van der Waals surface area contributed by atoms with E-state index in [1.54, 1.807) is 74.5 Å². The lowest BCUT2D eigenvalue weighted by atomic mass is 10.1. The van der Waals surface area contributed by atoms with E-state index in [9.17, 15) is 14.4 Å². The molecule has 2 aromatic rings. The Morgan fingerprint density at radius 3 is 1.96 bits per heavy atom. The number of alkyl carbamates (subject to hydrolysis) is 1. The van der Waals surface area contributed by atoms with Gasteiger partial charge in [0.05, 0.1) is 12.7 Å². The van der Waals surface area contributed by atoms with E-state index in [1.165, 1.54) is 7.11 Å². The van der Waals surface area contributed by atoms with Crippen molar-refractivity contribution >= 4 is 18.0 Å². The summed E-state index contributed by atoms with van der Waals surface area (Å²) in [5.41, 5.74) is 0.795. The first-order valence-corrected chi connectivity index (χ1v) is 8.78. The van der Waals surface area contributed by atoms with Gasteiger partial charge in [-0.2, -0.15) is 0 Å². The van der Waals surface area contributed by atoms with Gasteiger partial charge in [0.25, 0.3) is 6.29 Å². The van der Waals surface area contributed by atoms with E-state index in [1.807, 2.05) is 0 Å². The number of ether oxygens (including phenoxy) is 3. The number of esters is 2. The molecule has 0 bridgehead atoms. The van der Waals surface area contributed by atoms with E-state index in [0.29, 0.717) is 11.1 Å². The minimum absolute atomic E-state index is 0.220. The lowest BCUT2D eigenvalue weighted by Gasteiger charge is -2.23. The number of hydrogen-bond acceptors (Lipinski definition) is 6. The molecule has 2 atom stereocenters. The predicted molar refractivity (Wildman–Crippen MR) is 101 cm³/mol. The molecular weight excluding hydrogens is 362 g/mol. The summed E-state index contributed by atoms with van der Waals surface area (Å²) in [6, 6.07) is 16.0. The number of amides is 1. The molecule has 0 heterocycles. The SMILES string of the molecule is COC(=O)[C@@H](NC(=O)OC(OC(=O)c1ccccc1)c1ccccc1)C(C)C. The Kier molecular flexibility index (Phi) is 7.56. The highest BCUT2D eigenvalue weighted by atomic mass is 16.7. The van der Waals surface area contributed by atoms with Crippen LogP contribution in [0.25, 0.3) is 0 Å². The molecule has 0 fully saturated rings. The molecule has 7 heteroatoms. The van der Waals surface area contributed by atoms with Crippen molar-refractivity contribution < 1.29 is 28.6 Å². The summed E-state index contributed by atoms with van der Waals surface area (Å²) in [7, 11) is 1.24. The number of methoxy groups -OCH3 is 1. The van der Waals surface area contributed by atoms with E-state index >= 15 is 0 Å². The lowest BCUT2D eigenvalue weighted by molar-refractivity contribution is -0.144. The van der Waals surface area contributed by atoms with Crippen molar-refractivity contribution in [3.05, 3.63) is 71.8 Å². The number of benzene rings is 2. The van der Waals surface area contributed by atoms with Crippen LogP contribution in [0.4, 0.5) is 4.79 Å². The quantitative estimate of drug-likeness (QED) is 0.580. The Morgan fingerprint density at radius 2 is 1.43 bits per heavy atom. The fourth-order valence-corrected chi connectivity index (χ4v) is 2.39. The maximum Gasteiger partial charge on any atom is 0.411 e. The maximum absolute atomic E-state index is 12.4. The zero-order valence-electron chi connectivity index (χ0n) is 16.0. The third-order valence-electron chi connectivity index (χ3n) is 3.90. The minimum Gasteiger partial charge on any atom is -0.467 e. The van der Waals surface area contributed by atoms with Crippen LogP contribution in [0.2, 0.25) is 0 Å². The van der Waals surface area contributed by atoms with Gasteiger partial charge in [-0.15, -0.1) is 0 Å². The fraction of sp³-hybridized carbons (Fsp3) is 0.286. The molecular formula is C21H23NO6. The topological polar surface area (TPSA) is 90.9 Å². The van der Waals surface area contributed by atoms with Gasteiger partial charge in [-0.05, 0) is 18.1 Å². The first-order valence-electron chi connectivity index (χ1n) is 8.78. The van der Waals surface area contributed by atoms with Crippen LogP contribution in [0.15, 0.2) is 60.7 Å². The van der Waals surface area contributed by atoms with Crippen molar-refractivity contribution in [2.75, 3.05) is 7.11 Å². The van der Waals surface area contributed by atoms with Gasteiger partial charge in [-0.3, -0.25) is 0 Å². The van der Waals surface area contributed by atoms with Crippen LogP contribution < -0.4 is 5.32 Å². The summed E-state index contributed by atoms with van der Waals surface area (Å²) < 4.78 is 15.4. The largest absolute Gasteiger partial charge is 0.467 e. The summed E-state index contributed by atoms with van der Waals surface area (Å²) in [4.78, 5) is 36.6. The van der Waals surface area contributed by atoms with Crippen LogP contribution >= 0.6 is 0 Å². The summed E-state index contributed by atoms with van der Waals surface area (Å²) in [6.07, 6.45) is -2.18. The van der Waals surface area contributed by atoms with Crippen LogP contribution in [0.5, 0.6) is 0 Å². The monoisotopic (exact) mass is 385 g/mol. The molecule has 0 aliphatic rings.